The smallest absolute Gasteiger partial charge is 0.281 e. The third kappa shape index (κ3) is 5.59. The highest BCUT2D eigenvalue weighted by atomic mass is 32.2. The maximum absolute atomic E-state index is 14.1. The Labute approximate surface area is 214 Å². The Morgan fingerprint density at radius 1 is 0.973 bits per heavy atom. The van der Waals surface area contributed by atoms with Gasteiger partial charge in [-0.05, 0) is 74.4 Å². The molecular formula is C27H24FN3O5S. The van der Waals surface area contributed by atoms with Gasteiger partial charge in [-0.2, -0.15) is 8.42 Å². The molecule has 0 aliphatic rings. The Hall–Kier alpha value is -4.31. The highest BCUT2D eigenvalue weighted by molar-refractivity contribution is 7.90. The van der Waals surface area contributed by atoms with Gasteiger partial charge in [0.05, 0.1) is 12.8 Å². The fourth-order valence-electron chi connectivity index (χ4n) is 3.88. The zero-order chi connectivity index (χ0) is 26.7. The number of sulfonamides is 1. The van der Waals surface area contributed by atoms with Crippen molar-refractivity contribution in [2.75, 3.05) is 7.11 Å². The van der Waals surface area contributed by atoms with Gasteiger partial charge in [0.1, 0.15) is 22.9 Å². The molecule has 8 nitrogen and oxygen atoms in total. The van der Waals surface area contributed by atoms with E-state index < -0.39 is 21.7 Å². The standard InChI is InChI=1S/C27H24FN3O5S/c1-16-13-17(2)25(18(3)14-16)36-27-20(26(32)31-37(33,34)24-7-5-6-12-29-24)9-10-22(30-27)21-15-19(28)8-11-23(21)35-4/h5-15H,1-4H3,(H,31,32). The normalized spacial score (nSPS) is 11.2. The molecule has 2 heterocycles. The molecule has 1 amide bonds. The van der Waals surface area contributed by atoms with Crippen LogP contribution >= 0.6 is 0 Å². The van der Waals surface area contributed by atoms with E-state index in [1.807, 2.05) is 37.6 Å². The van der Waals surface area contributed by atoms with Gasteiger partial charge in [-0.3, -0.25) is 4.79 Å². The van der Waals surface area contributed by atoms with Gasteiger partial charge in [-0.1, -0.05) is 23.8 Å². The molecule has 0 unspecified atom stereocenters. The molecule has 4 rings (SSSR count). The molecule has 1 N–H and O–H groups in total. The molecule has 0 aliphatic carbocycles. The Morgan fingerprint density at radius 3 is 2.35 bits per heavy atom. The van der Waals surface area contributed by atoms with Crippen LogP contribution in [-0.4, -0.2) is 31.4 Å². The second kappa shape index (κ2) is 10.4. The first-order valence-electron chi connectivity index (χ1n) is 11.2. The number of aromatic nitrogens is 2. The van der Waals surface area contributed by atoms with Crippen LogP contribution in [0.5, 0.6) is 17.4 Å². The number of nitrogens with zero attached hydrogens (tertiary/aromatic N) is 2. The molecule has 37 heavy (non-hydrogen) atoms. The molecule has 190 valence electrons. The van der Waals surface area contributed by atoms with E-state index in [-0.39, 0.29) is 22.2 Å². The van der Waals surface area contributed by atoms with Gasteiger partial charge in [0, 0.05) is 11.8 Å². The summed E-state index contributed by atoms with van der Waals surface area (Å²) >= 11 is 0. The van der Waals surface area contributed by atoms with Crippen molar-refractivity contribution in [3.8, 4) is 28.6 Å². The van der Waals surface area contributed by atoms with E-state index in [9.17, 15) is 17.6 Å². The van der Waals surface area contributed by atoms with Gasteiger partial charge in [-0.25, -0.2) is 19.1 Å². The lowest BCUT2D eigenvalue weighted by Gasteiger charge is -2.16. The number of hydrogen-bond acceptors (Lipinski definition) is 7. The van der Waals surface area contributed by atoms with Crippen LogP contribution in [0.4, 0.5) is 4.39 Å². The first kappa shape index (κ1) is 25.8. The topological polar surface area (TPSA) is 107 Å². The molecule has 0 radical (unpaired) electrons. The number of halogens is 1. The maximum Gasteiger partial charge on any atom is 0.281 e. The molecule has 4 aromatic rings. The fraction of sp³-hybridized carbons (Fsp3) is 0.148. The van der Waals surface area contributed by atoms with Crippen LogP contribution in [0.25, 0.3) is 11.3 Å². The van der Waals surface area contributed by atoms with E-state index in [1.165, 1.54) is 55.8 Å². The van der Waals surface area contributed by atoms with Gasteiger partial charge in [0.25, 0.3) is 15.9 Å². The van der Waals surface area contributed by atoms with E-state index in [0.717, 1.165) is 16.7 Å². The summed E-state index contributed by atoms with van der Waals surface area (Å²) in [7, 11) is -2.82. The minimum atomic E-state index is -4.26. The second-order valence-electron chi connectivity index (χ2n) is 8.33. The predicted molar refractivity (Wildman–Crippen MR) is 136 cm³/mol. The molecule has 0 atom stereocenters. The van der Waals surface area contributed by atoms with E-state index in [2.05, 4.69) is 9.97 Å². The van der Waals surface area contributed by atoms with E-state index in [4.69, 9.17) is 9.47 Å². The molecule has 0 bridgehead atoms. The zero-order valence-corrected chi connectivity index (χ0v) is 21.4. The number of benzene rings is 2. The number of carbonyl (C=O) groups is 1. The van der Waals surface area contributed by atoms with Crippen molar-refractivity contribution in [1.82, 2.24) is 14.7 Å². The van der Waals surface area contributed by atoms with Crippen molar-refractivity contribution < 1.29 is 27.1 Å². The zero-order valence-electron chi connectivity index (χ0n) is 20.6. The minimum Gasteiger partial charge on any atom is -0.496 e. The summed E-state index contributed by atoms with van der Waals surface area (Å²) < 4.78 is 53.0. The van der Waals surface area contributed by atoms with Crippen LogP contribution in [0.2, 0.25) is 0 Å². The third-order valence-electron chi connectivity index (χ3n) is 5.49. The van der Waals surface area contributed by atoms with Gasteiger partial charge < -0.3 is 9.47 Å². The number of rotatable bonds is 7. The molecule has 2 aromatic carbocycles. The number of carbonyl (C=O) groups excluding carboxylic acids is 1. The van der Waals surface area contributed by atoms with Crippen molar-refractivity contribution in [2.24, 2.45) is 0 Å². The Kier molecular flexibility index (Phi) is 7.21. The summed E-state index contributed by atoms with van der Waals surface area (Å²) in [5.74, 6) is -0.810. The first-order valence-corrected chi connectivity index (χ1v) is 12.7. The second-order valence-corrected chi connectivity index (χ2v) is 9.96. The summed E-state index contributed by atoms with van der Waals surface area (Å²) in [4.78, 5) is 21.4. The summed E-state index contributed by atoms with van der Waals surface area (Å²) in [5.41, 5.74) is 3.06. The maximum atomic E-state index is 14.1. The largest absolute Gasteiger partial charge is 0.496 e. The molecule has 2 aromatic heterocycles. The first-order chi connectivity index (χ1) is 17.6. The summed E-state index contributed by atoms with van der Waals surface area (Å²) in [6.07, 6.45) is 1.30. The van der Waals surface area contributed by atoms with Crippen LogP contribution in [0, 0.1) is 26.6 Å². The SMILES string of the molecule is COc1ccc(F)cc1-c1ccc(C(=O)NS(=O)(=O)c2ccccn2)c(Oc2c(C)cc(C)cc2C)n1. The molecular weight excluding hydrogens is 497 g/mol. The van der Waals surface area contributed by atoms with Crippen molar-refractivity contribution in [2.45, 2.75) is 25.8 Å². The number of nitrogens with one attached hydrogen (secondary N) is 1. The highest BCUT2D eigenvalue weighted by Crippen LogP contribution is 2.35. The average Bonchev–Trinajstić information content (AvgIpc) is 2.86. The Balaban J connectivity index is 1.82. The summed E-state index contributed by atoms with van der Waals surface area (Å²) in [6, 6.07) is 14.9. The third-order valence-corrected chi connectivity index (χ3v) is 6.73. The average molecular weight is 522 g/mol. The fourth-order valence-corrected chi connectivity index (χ4v) is 4.80. The van der Waals surface area contributed by atoms with Crippen LogP contribution in [0.15, 0.2) is 71.9 Å². The van der Waals surface area contributed by atoms with Crippen LogP contribution < -0.4 is 14.2 Å². The molecule has 10 heteroatoms. The number of aryl methyl sites for hydroxylation is 3. The molecule has 0 saturated carbocycles. The molecule has 0 aliphatic heterocycles. The lowest BCUT2D eigenvalue weighted by Crippen LogP contribution is -2.31. The van der Waals surface area contributed by atoms with Crippen molar-refractivity contribution in [3.63, 3.8) is 0 Å². The molecule has 0 fully saturated rings. The van der Waals surface area contributed by atoms with Gasteiger partial charge in [0.15, 0.2) is 5.03 Å². The van der Waals surface area contributed by atoms with Gasteiger partial charge in [-0.15, -0.1) is 0 Å². The minimum absolute atomic E-state index is 0.141. The highest BCUT2D eigenvalue weighted by Gasteiger charge is 2.25. The summed E-state index contributed by atoms with van der Waals surface area (Å²) in [5, 5.41) is -0.315. The monoisotopic (exact) mass is 521 g/mol. The molecule has 0 spiro atoms. The van der Waals surface area contributed by atoms with Gasteiger partial charge >= 0.3 is 0 Å². The van der Waals surface area contributed by atoms with Crippen molar-refractivity contribution >= 4 is 15.9 Å². The van der Waals surface area contributed by atoms with E-state index in [1.54, 1.807) is 6.07 Å². The number of ether oxygens (including phenoxy) is 2. The van der Waals surface area contributed by atoms with Crippen LogP contribution in [-0.2, 0) is 10.0 Å². The number of hydrogen-bond donors (Lipinski definition) is 1. The Morgan fingerprint density at radius 2 is 1.70 bits per heavy atom. The van der Waals surface area contributed by atoms with E-state index >= 15 is 0 Å². The number of amides is 1. The van der Waals surface area contributed by atoms with Crippen molar-refractivity contribution in [3.05, 3.63) is 94.9 Å². The summed E-state index contributed by atoms with van der Waals surface area (Å²) in [6.45, 7) is 5.64. The number of methoxy groups -OCH3 is 1. The van der Waals surface area contributed by atoms with Gasteiger partial charge in [0.2, 0.25) is 5.88 Å². The number of pyridine rings is 2. The molecule has 0 saturated heterocycles. The lowest BCUT2D eigenvalue weighted by atomic mass is 10.1. The van der Waals surface area contributed by atoms with Crippen molar-refractivity contribution in [1.29, 1.82) is 0 Å². The van der Waals surface area contributed by atoms with E-state index in [0.29, 0.717) is 17.1 Å². The van der Waals surface area contributed by atoms with Crippen LogP contribution in [0.3, 0.4) is 0 Å². The van der Waals surface area contributed by atoms with Crippen LogP contribution in [0.1, 0.15) is 27.0 Å². The quantitative estimate of drug-likeness (QED) is 0.359. The lowest BCUT2D eigenvalue weighted by molar-refractivity contribution is 0.0978. The predicted octanol–water partition coefficient (Wildman–Crippen LogP) is 5.13. The Bertz CT molecular complexity index is 1570.